The summed E-state index contributed by atoms with van der Waals surface area (Å²) >= 11 is 0. The lowest BCUT2D eigenvalue weighted by molar-refractivity contribution is 0.582. The second-order valence-electron chi connectivity index (χ2n) is 5.21. The quantitative estimate of drug-likeness (QED) is 0.782. The molecule has 0 fully saturated rings. The number of hydrogen-bond donors (Lipinski definition) is 2. The van der Waals surface area contributed by atoms with Crippen LogP contribution in [0.1, 0.15) is 6.42 Å². The molecular formula is C15H18ClFN4O2S. The summed E-state index contributed by atoms with van der Waals surface area (Å²) < 4.78 is 42.1. The highest BCUT2D eigenvalue weighted by Gasteiger charge is 2.18. The van der Waals surface area contributed by atoms with E-state index in [-0.39, 0.29) is 29.5 Å². The van der Waals surface area contributed by atoms with Gasteiger partial charge in [-0.3, -0.25) is 0 Å². The maximum atomic E-state index is 13.7. The summed E-state index contributed by atoms with van der Waals surface area (Å²) in [4.78, 5) is 0.00953. The van der Waals surface area contributed by atoms with Crippen molar-refractivity contribution in [2.75, 3.05) is 19.6 Å². The second-order valence-corrected chi connectivity index (χ2v) is 6.98. The Morgan fingerprint density at radius 1 is 1.33 bits per heavy atom. The molecule has 1 aromatic heterocycles. The zero-order chi connectivity index (χ0) is 16.3. The molecule has 0 spiro atoms. The summed E-state index contributed by atoms with van der Waals surface area (Å²) in [6, 6.07) is 6.06. The SMILES string of the molecule is Cl.O=S(=O)(NCC1=CCNCC1)c1cnn(-c2ccccc2F)c1. The molecular weight excluding hydrogens is 355 g/mol. The van der Waals surface area contributed by atoms with Crippen LogP contribution in [0.25, 0.3) is 5.69 Å². The van der Waals surface area contributed by atoms with Crippen LogP contribution in [-0.4, -0.2) is 37.8 Å². The standard InChI is InChI=1S/C15H17FN4O2S.ClH/c16-14-3-1-2-4-15(14)20-11-13(10-18-20)23(21,22)19-9-12-5-7-17-8-6-12;/h1-5,10-11,17,19H,6-9H2;1H. The third kappa shape index (κ3) is 4.21. The molecule has 2 heterocycles. The monoisotopic (exact) mass is 372 g/mol. The largest absolute Gasteiger partial charge is 0.313 e. The summed E-state index contributed by atoms with van der Waals surface area (Å²) in [7, 11) is -3.68. The van der Waals surface area contributed by atoms with Crippen molar-refractivity contribution in [2.24, 2.45) is 0 Å². The molecule has 2 aromatic rings. The Morgan fingerprint density at radius 3 is 2.83 bits per heavy atom. The Labute approximate surface area is 146 Å². The van der Waals surface area contributed by atoms with Crippen molar-refractivity contribution in [1.29, 1.82) is 0 Å². The number of rotatable bonds is 5. The Bertz CT molecular complexity index is 836. The van der Waals surface area contributed by atoms with Crippen LogP contribution in [-0.2, 0) is 10.0 Å². The van der Waals surface area contributed by atoms with E-state index in [0.717, 1.165) is 25.1 Å². The molecule has 130 valence electrons. The molecule has 9 heteroatoms. The van der Waals surface area contributed by atoms with Gasteiger partial charge in [0.1, 0.15) is 16.4 Å². The number of nitrogens with zero attached hydrogens (tertiary/aromatic N) is 2. The van der Waals surface area contributed by atoms with Gasteiger partial charge in [-0.1, -0.05) is 23.8 Å². The molecule has 6 nitrogen and oxygen atoms in total. The van der Waals surface area contributed by atoms with E-state index in [1.165, 1.54) is 29.2 Å². The number of halogens is 2. The lowest BCUT2D eigenvalue weighted by atomic mass is 10.1. The fourth-order valence-corrected chi connectivity index (χ4v) is 3.28. The first kappa shape index (κ1) is 18.6. The van der Waals surface area contributed by atoms with E-state index in [1.807, 2.05) is 6.08 Å². The molecule has 0 atom stereocenters. The van der Waals surface area contributed by atoms with Gasteiger partial charge < -0.3 is 5.32 Å². The Hall–Kier alpha value is -1.74. The Balaban J connectivity index is 0.00000208. The van der Waals surface area contributed by atoms with E-state index in [4.69, 9.17) is 0 Å². The van der Waals surface area contributed by atoms with Gasteiger partial charge in [-0.25, -0.2) is 22.2 Å². The Kier molecular flexibility index (Phi) is 6.11. The highest BCUT2D eigenvalue weighted by molar-refractivity contribution is 7.89. The van der Waals surface area contributed by atoms with E-state index in [2.05, 4.69) is 15.1 Å². The fourth-order valence-electron chi connectivity index (χ4n) is 2.32. The van der Waals surface area contributed by atoms with Crippen molar-refractivity contribution in [3.8, 4) is 5.69 Å². The molecule has 0 aliphatic carbocycles. The number of hydrogen-bond acceptors (Lipinski definition) is 4. The molecule has 24 heavy (non-hydrogen) atoms. The molecule has 0 saturated carbocycles. The highest BCUT2D eigenvalue weighted by Crippen LogP contribution is 2.15. The molecule has 1 aromatic carbocycles. The third-order valence-electron chi connectivity index (χ3n) is 3.62. The van der Waals surface area contributed by atoms with Crippen molar-refractivity contribution >= 4 is 22.4 Å². The maximum absolute atomic E-state index is 13.7. The highest BCUT2D eigenvalue weighted by atomic mass is 35.5. The number of benzene rings is 1. The van der Waals surface area contributed by atoms with E-state index >= 15 is 0 Å². The van der Waals surface area contributed by atoms with Gasteiger partial charge in [0, 0.05) is 13.1 Å². The van der Waals surface area contributed by atoms with Crippen LogP contribution in [0, 0.1) is 5.82 Å². The van der Waals surface area contributed by atoms with Crippen LogP contribution in [0.5, 0.6) is 0 Å². The van der Waals surface area contributed by atoms with Crippen LogP contribution < -0.4 is 10.0 Å². The fraction of sp³-hybridized carbons (Fsp3) is 0.267. The normalized spacial score (nSPS) is 14.8. The van der Waals surface area contributed by atoms with Crippen molar-refractivity contribution < 1.29 is 12.8 Å². The van der Waals surface area contributed by atoms with Crippen LogP contribution in [0.2, 0.25) is 0 Å². The van der Waals surface area contributed by atoms with Crippen molar-refractivity contribution in [2.45, 2.75) is 11.3 Å². The maximum Gasteiger partial charge on any atom is 0.244 e. The van der Waals surface area contributed by atoms with Gasteiger partial charge in [0.15, 0.2) is 0 Å². The number of nitrogens with one attached hydrogen (secondary N) is 2. The van der Waals surface area contributed by atoms with Crippen LogP contribution in [0.4, 0.5) is 4.39 Å². The molecule has 0 saturated heterocycles. The van der Waals surface area contributed by atoms with E-state index in [0.29, 0.717) is 0 Å². The second kappa shape index (κ2) is 7.89. The predicted octanol–water partition coefficient (Wildman–Crippen LogP) is 1.63. The number of para-hydroxylation sites is 1. The van der Waals surface area contributed by atoms with E-state index < -0.39 is 15.8 Å². The summed E-state index contributed by atoms with van der Waals surface area (Å²) in [6.45, 7) is 1.87. The summed E-state index contributed by atoms with van der Waals surface area (Å²) in [5, 5.41) is 7.11. The van der Waals surface area contributed by atoms with Crippen LogP contribution in [0.15, 0.2) is 53.2 Å². The first-order valence-corrected chi connectivity index (χ1v) is 8.72. The van der Waals surface area contributed by atoms with Gasteiger partial charge >= 0.3 is 0 Å². The lowest BCUT2D eigenvalue weighted by Crippen LogP contribution is -2.29. The minimum absolute atomic E-state index is 0. The minimum Gasteiger partial charge on any atom is -0.313 e. The van der Waals surface area contributed by atoms with Gasteiger partial charge in [0.25, 0.3) is 0 Å². The molecule has 0 radical (unpaired) electrons. The molecule has 3 rings (SSSR count). The summed E-state index contributed by atoms with van der Waals surface area (Å²) in [6.07, 6.45) is 5.31. The summed E-state index contributed by atoms with van der Waals surface area (Å²) in [5.74, 6) is -0.465. The lowest BCUT2D eigenvalue weighted by Gasteiger charge is -2.14. The predicted molar refractivity (Wildman–Crippen MR) is 91.5 cm³/mol. The molecule has 0 unspecified atom stereocenters. The average molecular weight is 373 g/mol. The van der Waals surface area contributed by atoms with Crippen molar-refractivity contribution in [3.05, 3.63) is 54.1 Å². The molecule has 1 aliphatic rings. The third-order valence-corrected chi connectivity index (χ3v) is 4.97. The molecule has 2 N–H and O–H groups in total. The first-order chi connectivity index (χ1) is 11.1. The average Bonchev–Trinajstić information content (AvgIpc) is 3.05. The topological polar surface area (TPSA) is 76.0 Å². The molecule has 1 aliphatic heterocycles. The van der Waals surface area contributed by atoms with Gasteiger partial charge in [0.2, 0.25) is 10.0 Å². The van der Waals surface area contributed by atoms with Crippen LogP contribution in [0.3, 0.4) is 0 Å². The minimum atomic E-state index is -3.68. The zero-order valence-electron chi connectivity index (χ0n) is 12.8. The van der Waals surface area contributed by atoms with Crippen molar-refractivity contribution in [1.82, 2.24) is 19.8 Å². The van der Waals surface area contributed by atoms with Gasteiger partial charge in [-0.2, -0.15) is 5.10 Å². The number of aromatic nitrogens is 2. The first-order valence-electron chi connectivity index (χ1n) is 7.24. The molecule has 0 bridgehead atoms. The van der Waals surface area contributed by atoms with Crippen LogP contribution >= 0.6 is 12.4 Å². The zero-order valence-corrected chi connectivity index (χ0v) is 14.4. The Morgan fingerprint density at radius 2 is 2.12 bits per heavy atom. The summed E-state index contributed by atoms with van der Waals surface area (Å²) in [5.41, 5.74) is 1.25. The van der Waals surface area contributed by atoms with Gasteiger partial charge in [-0.15, -0.1) is 12.4 Å². The van der Waals surface area contributed by atoms with Crippen molar-refractivity contribution in [3.63, 3.8) is 0 Å². The van der Waals surface area contributed by atoms with E-state index in [1.54, 1.807) is 12.1 Å². The van der Waals surface area contributed by atoms with E-state index in [9.17, 15) is 12.8 Å². The smallest absolute Gasteiger partial charge is 0.244 e. The van der Waals surface area contributed by atoms with Gasteiger partial charge in [-0.05, 0) is 25.1 Å². The molecule has 0 amide bonds. The number of sulfonamides is 1. The van der Waals surface area contributed by atoms with Gasteiger partial charge in [0.05, 0.1) is 12.4 Å².